The summed E-state index contributed by atoms with van der Waals surface area (Å²) in [6.45, 7) is -0.798. The fourth-order valence-electron chi connectivity index (χ4n) is 2.41. The zero-order valence-electron chi connectivity index (χ0n) is 11.7. The lowest BCUT2D eigenvalue weighted by Gasteiger charge is -2.33. The van der Waals surface area contributed by atoms with Crippen LogP contribution in [-0.2, 0) is 16.6 Å². The number of aromatic nitrogens is 2. The molecule has 22 heavy (non-hydrogen) atoms. The molecular weight excluding hydrogens is 345 g/mol. The van der Waals surface area contributed by atoms with Crippen molar-refractivity contribution < 1.29 is 21.6 Å². The van der Waals surface area contributed by atoms with Crippen molar-refractivity contribution in [2.24, 2.45) is 5.73 Å². The number of hydrogen-bond acceptors (Lipinski definition) is 4. The minimum Gasteiger partial charge on any atom is -0.329 e. The minimum absolute atomic E-state index is 0. The summed E-state index contributed by atoms with van der Waals surface area (Å²) in [4.78, 5) is -0.230. The van der Waals surface area contributed by atoms with E-state index < -0.39 is 22.7 Å². The lowest BCUT2D eigenvalue weighted by Crippen LogP contribution is -2.47. The van der Waals surface area contributed by atoms with E-state index in [4.69, 9.17) is 5.73 Å². The van der Waals surface area contributed by atoms with E-state index in [9.17, 15) is 21.6 Å². The number of nitrogens with zero attached hydrogens (tertiary/aromatic N) is 3. The summed E-state index contributed by atoms with van der Waals surface area (Å²) in [5.41, 5.74) is 5.58. The van der Waals surface area contributed by atoms with Gasteiger partial charge in [-0.05, 0) is 12.8 Å². The van der Waals surface area contributed by atoms with Gasteiger partial charge in [-0.1, -0.05) is 6.42 Å². The van der Waals surface area contributed by atoms with Gasteiger partial charge in [0, 0.05) is 25.3 Å². The Morgan fingerprint density at radius 2 is 2.05 bits per heavy atom. The van der Waals surface area contributed by atoms with Crippen LogP contribution in [0.5, 0.6) is 0 Å². The van der Waals surface area contributed by atoms with Crippen molar-refractivity contribution in [3.05, 3.63) is 12.4 Å². The van der Waals surface area contributed by atoms with Crippen LogP contribution >= 0.6 is 12.4 Å². The molecule has 0 saturated carbocycles. The molecule has 1 aliphatic heterocycles. The number of piperidine rings is 1. The highest BCUT2D eigenvalue weighted by atomic mass is 35.5. The summed E-state index contributed by atoms with van der Waals surface area (Å²) < 4.78 is 63.6. The first kappa shape index (κ1) is 19.2. The van der Waals surface area contributed by atoms with Crippen LogP contribution < -0.4 is 5.73 Å². The Balaban J connectivity index is 0.00000242. The van der Waals surface area contributed by atoms with Gasteiger partial charge in [0.05, 0.1) is 6.20 Å². The topological polar surface area (TPSA) is 81.2 Å². The van der Waals surface area contributed by atoms with Crippen molar-refractivity contribution in [2.75, 3.05) is 13.1 Å². The summed E-state index contributed by atoms with van der Waals surface area (Å²) in [7, 11) is -3.86. The highest BCUT2D eigenvalue weighted by Gasteiger charge is 2.34. The normalized spacial score (nSPS) is 20.6. The first-order valence-electron chi connectivity index (χ1n) is 6.55. The third-order valence-electron chi connectivity index (χ3n) is 3.40. The maximum atomic E-state index is 12.5. The third kappa shape index (κ3) is 4.34. The molecule has 1 aromatic rings. The van der Waals surface area contributed by atoms with Crippen LogP contribution in [0.2, 0.25) is 0 Å². The Morgan fingerprint density at radius 1 is 1.36 bits per heavy atom. The predicted molar refractivity (Wildman–Crippen MR) is 76.1 cm³/mol. The van der Waals surface area contributed by atoms with Crippen molar-refractivity contribution >= 4 is 22.4 Å². The molecule has 1 fully saturated rings. The number of rotatable bonds is 4. The molecule has 2 rings (SSSR count). The fourth-order valence-corrected chi connectivity index (χ4v) is 4.07. The molecule has 2 heterocycles. The van der Waals surface area contributed by atoms with Gasteiger partial charge < -0.3 is 5.73 Å². The largest absolute Gasteiger partial charge is 0.408 e. The van der Waals surface area contributed by atoms with Crippen molar-refractivity contribution in [3.63, 3.8) is 0 Å². The maximum absolute atomic E-state index is 12.5. The van der Waals surface area contributed by atoms with Crippen molar-refractivity contribution in [1.82, 2.24) is 14.1 Å². The zero-order chi connectivity index (χ0) is 15.7. The molecule has 1 atom stereocenters. The van der Waals surface area contributed by atoms with E-state index in [1.165, 1.54) is 4.31 Å². The second-order valence-electron chi connectivity index (χ2n) is 4.99. The molecule has 0 bridgehead atoms. The zero-order valence-corrected chi connectivity index (χ0v) is 13.3. The molecular formula is C11H18ClF3N4O2S. The number of nitrogens with two attached hydrogens (primary N) is 1. The Hall–Kier alpha value is -0.840. The molecule has 0 aromatic carbocycles. The van der Waals surface area contributed by atoms with Gasteiger partial charge in [0.15, 0.2) is 0 Å². The van der Waals surface area contributed by atoms with Gasteiger partial charge in [-0.15, -0.1) is 12.4 Å². The molecule has 128 valence electrons. The minimum atomic E-state index is -4.45. The van der Waals surface area contributed by atoms with Gasteiger partial charge in [-0.3, -0.25) is 4.68 Å². The monoisotopic (exact) mass is 362 g/mol. The smallest absolute Gasteiger partial charge is 0.329 e. The molecule has 11 heteroatoms. The molecule has 0 spiro atoms. The van der Waals surface area contributed by atoms with Crippen molar-refractivity contribution in [3.8, 4) is 0 Å². The number of alkyl halides is 3. The number of halogens is 4. The lowest BCUT2D eigenvalue weighted by atomic mass is 10.1. The molecule has 1 aliphatic rings. The Bertz CT molecular complexity index is 590. The average molecular weight is 363 g/mol. The van der Waals surface area contributed by atoms with E-state index in [0.717, 1.165) is 18.8 Å². The van der Waals surface area contributed by atoms with Gasteiger partial charge in [-0.2, -0.15) is 22.6 Å². The molecule has 1 saturated heterocycles. The molecule has 0 amide bonds. The summed E-state index contributed by atoms with van der Waals surface area (Å²) >= 11 is 0. The van der Waals surface area contributed by atoms with E-state index in [1.807, 2.05) is 0 Å². The van der Waals surface area contributed by atoms with E-state index in [-0.39, 0.29) is 29.9 Å². The fraction of sp³-hybridized carbons (Fsp3) is 0.727. The van der Waals surface area contributed by atoms with E-state index in [2.05, 4.69) is 5.10 Å². The Kier molecular flexibility index (Phi) is 6.25. The van der Waals surface area contributed by atoms with Crippen LogP contribution in [0.4, 0.5) is 13.2 Å². The average Bonchev–Trinajstić information content (AvgIpc) is 2.85. The quantitative estimate of drug-likeness (QED) is 0.877. The van der Waals surface area contributed by atoms with Gasteiger partial charge in [0.2, 0.25) is 10.0 Å². The number of hydrogen-bond donors (Lipinski definition) is 1. The summed E-state index contributed by atoms with van der Waals surface area (Å²) in [6, 6.07) is -0.310. The highest BCUT2D eigenvalue weighted by molar-refractivity contribution is 7.89. The van der Waals surface area contributed by atoms with Gasteiger partial charge >= 0.3 is 6.18 Å². The van der Waals surface area contributed by atoms with Crippen LogP contribution in [-0.4, -0.2) is 47.8 Å². The number of sulfonamides is 1. The van der Waals surface area contributed by atoms with Gasteiger partial charge in [0.25, 0.3) is 0 Å². The molecule has 1 unspecified atom stereocenters. The van der Waals surface area contributed by atoms with E-state index in [1.54, 1.807) is 0 Å². The van der Waals surface area contributed by atoms with Gasteiger partial charge in [-0.25, -0.2) is 8.42 Å². The van der Waals surface area contributed by atoms with Gasteiger partial charge in [0.1, 0.15) is 11.4 Å². The van der Waals surface area contributed by atoms with Crippen molar-refractivity contribution in [1.29, 1.82) is 0 Å². The second kappa shape index (κ2) is 7.16. The summed E-state index contributed by atoms with van der Waals surface area (Å²) in [5, 5.41) is 3.47. The van der Waals surface area contributed by atoms with E-state index in [0.29, 0.717) is 24.1 Å². The Morgan fingerprint density at radius 3 is 2.64 bits per heavy atom. The molecule has 0 aliphatic carbocycles. The first-order chi connectivity index (χ1) is 9.74. The molecule has 6 nitrogen and oxygen atoms in total. The standard InChI is InChI=1S/C11H17F3N4O2S.ClH/c12-11(13,14)8-17-7-10(6-16-17)21(19,20)18-4-2-1-3-9(18)5-15;/h6-7,9H,1-5,8,15H2;1H. The summed E-state index contributed by atoms with van der Waals surface area (Å²) in [5.74, 6) is 0. The second-order valence-corrected chi connectivity index (χ2v) is 6.88. The van der Waals surface area contributed by atoms with Crippen LogP contribution in [0.3, 0.4) is 0 Å². The van der Waals surface area contributed by atoms with Crippen LogP contribution in [0.25, 0.3) is 0 Å². The molecule has 2 N–H and O–H groups in total. The van der Waals surface area contributed by atoms with Crippen LogP contribution in [0.15, 0.2) is 17.3 Å². The SMILES string of the molecule is Cl.NCC1CCCCN1S(=O)(=O)c1cnn(CC(F)(F)F)c1. The lowest BCUT2D eigenvalue weighted by molar-refractivity contribution is -0.142. The van der Waals surface area contributed by atoms with Crippen LogP contribution in [0.1, 0.15) is 19.3 Å². The Labute approximate surface area is 132 Å². The predicted octanol–water partition coefficient (Wildman–Crippen LogP) is 1.37. The highest BCUT2D eigenvalue weighted by Crippen LogP contribution is 2.25. The first-order valence-corrected chi connectivity index (χ1v) is 7.99. The third-order valence-corrected chi connectivity index (χ3v) is 5.31. The molecule has 0 radical (unpaired) electrons. The maximum Gasteiger partial charge on any atom is 0.408 e. The summed E-state index contributed by atoms with van der Waals surface area (Å²) in [6.07, 6.45) is -0.327. The molecule has 1 aromatic heterocycles. The van der Waals surface area contributed by atoms with E-state index >= 15 is 0 Å². The van der Waals surface area contributed by atoms with Crippen LogP contribution in [0, 0.1) is 0 Å². The van der Waals surface area contributed by atoms with Crippen molar-refractivity contribution in [2.45, 2.75) is 42.9 Å².